The molecule has 0 fully saturated rings. The van der Waals surface area contributed by atoms with E-state index in [1.165, 1.54) is 27.5 Å². The topological polar surface area (TPSA) is 43.6 Å². The molecule has 0 bridgehead atoms. The maximum atomic E-state index is 4.95. The van der Waals surface area contributed by atoms with Crippen molar-refractivity contribution in [3.05, 3.63) is 127 Å². The average molecular weight is 477 g/mol. The number of para-hydroxylation sites is 2. The van der Waals surface area contributed by atoms with Crippen molar-refractivity contribution in [2.24, 2.45) is 0 Å². The molecule has 0 aliphatic heterocycles. The van der Waals surface area contributed by atoms with Gasteiger partial charge in [0.25, 0.3) is 0 Å². The smallest absolute Gasteiger partial charge is 0.164 e. The number of benzene rings is 4. The molecule has 0 N–H and O–H groups in total. The predicted octanol–water partition coefficient (Wildman–Crippen LogP) is 8.03. The second-order valence-corrected chi connectivity index (χ2v) is 9.24. The largest absolute Gasteiger partial charge is 0.313 e. The van der Waals surface area contributed by atoms with Gasteiger partial charge >= 0.3 is 0 Å². The summed E-state index contributed by atoms with van der Waals surface area (Å²) >= 11 is 0. The van der Waals surface area contributed by atoms with E-state index in [1.54, 1.807) is 0 Å². The van der Waals surface area contributed by atoms with Crippen molar-refractivity contribution in [2.75, 3.05) is 0 Å². The average Bonchev–Trinajstić information content (AvgIpc) is 3.32. The summed E-state index contributed by atoms with van der Waals surface area (Å²) in [5.74, 6) is 2.07. The quantitative estimate of drug-likeness (QED) is 0.259. The molecule has 0 amide bonds. The monoisotopic (exact) mass is 476 g/mol. The Kier molecular flexibility index (Phi) is 5.21. The molecule has 1 aliphatic rings. The fourth-order valence-electron chi connectivity index (χ4n) is 5.19. The van der Waals surface area contributed by atoms with Crippen molar-refractivity contribution < 1.29 is 0 Å². The summed E-state index contributed by atoms with van der Waals surface area (Å²) in [4.78, 5) is 14.7. The van der Waals surface area contributed by atoms with Crippen LogP contribution in [0.3, 0.4) is 0 Å². The van der Waals surface area contributed by atoms with Crippen LogP contribution in [0.1, 0.15) is 18.7 Å². The zero-order chi connectivity index (χ0) is 24.6. The summed E-state index contributed by atoms with van der Waals surface area (Å²) in [7, 11) is 0. The van der Waals surface area contributed by atoms with Crippen molar-refractivity contribution in [3.8, 4) is 22.8 Å². The number of fused-ring (bicyclic) bond motifs is 3. The van der Waals surface area contributed by atoms with E-state index in [0.29, 0.717) is 17.5 Å². The van der Waals surface area contributed by atoms with E-state index < -0.39 is 0 Å². The van der Waals surface area contributed by atoms with Gasteiger partial charge in [0.2, 0.25) is 0 Å². The van der Waals surface area contributed by atoms with E-state index in [9.17, 15) is 0 Å². The van der Waals surface area contributed by atoms with Gasteiger partial charge in [-0.3, -0.25) is 0 Å². The Labute approximate surface area is 215 Å². The lowest BCUT2D eigenvalue weighted by atomic mass is 10.0. The lowest BCUT2D eigenvalue weighted by Crippen LogP contribution is -2.05. The Hall–Kier alpha value is -4.83. The summed E-state index contributed by atoms with van der Waals surface area (Å²) < 4.78 is 2.40. The van der Waals surface area contributed by atoms with Crippen LogP contribution in [-0.2, 0) is 0 Å². The summed E-state index contributed by atoms with van der Waals surface area (Å²) in [6.07, 6.45) is 6.38. The lowest BCUT2D eigenvalue weighted by Gasteiger charge is -2.17. The van der Waals surface area contributed by atoms with Gasteiger partial charge in [-0.15, -0.1) is 0 Å². The molecule has 0 saturated heterocycles. The fraction of sp³-hybridized carbons (Fsp3) is 0.0606. The third kappa shape index (κ3) is 3.83. The molecule has 0 saturated carbocycles. The molecule has 0 unspecified atom stereocenters. The highest BCUT2D eigenvalue weighted by atomic mass is 15.0. The Morgan fingerprint density at radius 3 is 1.57 bits per heavy atom. The van der Waals surface area contributed by atoms with Gasteiger partial charge in [-0.25, -0.2) is 15.0 Å². The van der Waals surface area contributed by atoms with Crippen LogP contribution in [0, 0.1) is 0 Å². The Morgan fingerprint density at radius 1 is 0.514 bits per heavy atom. The minimum atomic E-state index is 0.683. The van der Waals surface area contributed by atoms with Gasteiger partial charge in [-0.05, 0) is 31.1 Å². The predicted molar refractivity (Wildman–Crippen MR) is 152 cm³/mol. The van der Waals surface area contributed by atoms with Gasteiger partial charge in [0.1, 0.15) is 0 Å². The molecule has 2 heterocycles. The summed E-state index contributed by atoms with van der Waals surface area (Å²) in [5, 5.41) is 2.54. The first kappa shape index (κ1) is 21.5. The second-order valence-electron chi connectivity index (χ2n) is 9.24. The maximum Gasteiger partial charge on any atom is 0.164 e. The van der Waals surface area contributed by atoms with Crippen LogP contribution in [0.5, 0.6) is 0 Å². The highest BCUT2D eigenvalue weighted by molar-refractivity contribution is 6.10. The molecule has 4 heteroatoms. The van der Waals surface area contributed by atoms with Crippen LogP contribution >= 0.6 is 0 Å². The fourth-order valence-corrected chi connectivity index (χ4v) is 5.19. The molecule has 7 rings (SSSR count). The maximum absolute atomic E-state index is 4.95. The molecule has 176 valence electrons. The van der Waals surface area contributed by atoms with Crippen LogP contribution in [0.15, 0.2) is 121 Å². The molecule has 4 aromatic carbocycles. The van der Waals surface area contributed by atoms with Crippen molar-refractivity contribution >= 4 is 33.1 Å². The van der Waals surface area contributed by atoms with Crippen molar-refractivity contribution in [1.82, 2.24) is 19.5 Å². The molecule has 37 heavy (non-hydrogen) atoms. The van der Waals surface area contributed by atoms with Crippen LogP contribution in [0.4, 0.5) is 0 Å². The van der Waals surface area contributed by atoms with E-state index in [1.807, 2.05) is 60.7 Å². The summed E-state index contributed by atoms with van der Waals surface area (Å²) in [6.45, 7) is 0. The van der Waals surface area contributed by atoms with E-state index in [0.717, 1.165) is 29.5 Å². The molecule has 0 spiro atoms. The lowest BCUT2D eigenvalue weighted by molar-refractivity contribution is 0.970. The molecule has 2 aromatic heterocycles. The Balaban J connectivity index is 1.40. The molecular formula is C33H24N4. The minimum Gasteiger partial charge on any atom is -0.313 e. The van der Waals surface area contributed by atoms with E-state index in [4.69, 9.17) is 15.0 Å². The Morgan fingerprint density at radius 2 is 1.00 bits per heavy atom. The highest BCUT2D eigenvalue weighted by Crippen LogP contribution is 2.36. The van der Waals surface area contributed by atoms with Gasteiger partial charge in [-0.1, -0.05) is 103 Å². The van der Waals surface area contributed by atoms with Gasteiger partial charge < -0.3 is 4.57 Å². The van der Waals surface area contributed by atoms with E-state index in [-0.39, 0.29) is 0 Å². The van der Waals surface area contributed by atoms with Crippen molar-refractivity contribution in [1.29, 1.82) is 0 Å². The number of hydrogen-bond donors (Lipinski definition) is 0. The van der Waals surface area contributed by atoms with Crippen molar-refractivity contribution in [3.63, 3.8) is 0 Å². The third-order valence-corrected chi connectivity index (χ3v) is 6.91. The molecule has 0 radical (unpaired) electrons. The Bertz CT molecular complexity index is 1700. The molecule has 1 aliphatic carbocycles. The zero-order valence-corrected chi connectivity index (χ0v) is 20.3. The summed E-state index contributed by atoms with van der Waals surface area (Å²) in [5.41, 5.74) is 6.68. The van der Waals surface area contributed by atoms with Gasteiger partial charge in [0.05, 0.1) is 11.0 Å². The molecule has 6 aromatic rings. The van der Waals surface area contributed by atoms with Gasteiger partial charge in [0.15, 0.2) is 17.5 Å². The molecular weight excluding hydrogens is 452 g/mol. The molecule has 0 atom stereocenters. The number of hydrogen-bond acceptors (Lipinski definition) is 3. The standard InChI is InChI=1S/C33H24N4/c1-3-12-23(13-4-1)31-34-32(24-14-5-2-6-15-24)36-33(35-31)25-16-11-17-26(22-25)37-29-20-9-7-18-27(29)28-19-8-10-21-30(28)37/h1-10,12-16,18-22H,11,17H2. The zero-order valence-electron chi connectivity index (χ0n) is 20.3. The SMILES string of the molecule is C1=C(c2nc(-c3ccccc3)nc(-c3ccccc3)n2)C=C(n2c3ccccc3c3ccccc32)CC1. The van der Waals surface area contributed by atoms with Crippen LogP contribution in [0.2, 0.25) is 0 Å². The minimum absolute atomic E-state index is 0.683. The molecule has 4 nitrogen and oxygen atoms in total. The van der Waals surface area contributed by atoms with Crippen LogP contribution in [-0.4, -0.2) is 19.5 Å². The number of nitrogens with zero attached hydrogens (tertiary/aromatic N) is 4. The number of aromatic nitrogens is 4. The highest BCUT2D eigenvalue weighted by Gasteiger charge is 2.18. The number of allylic oxidation sites excluding steroid dienone is 4. The summed E-state index contributed by atoms with van der Waals surface area (Å²) in [6, 6.07) is 37.5. The van der Waals surface area contributed by atoms with Crippen LogP contribution in [0.25, 0.3) is 55.9 Å². The first-order valence-electron chi connectivity index (χ1n) is 12.6. The van der Waals surface area contributed by atoms with E-state index >= 15 is 0 Å². The third-order valence-electron chi connectivity index (χ3n) is 6.91. The van der Waals surface area contributed by atoms with E-state index in [2.05, 4.69) is 65.3 Å². The normalized spacial score (nSPS) is 13.5. The first-order chi connectivity index (χ1) is 18.3. The second kappa shape index (κ2) is 8.99. The first-order valence-corrected chi connectivity index (χ1v) is 12.6. The van der Waals surface area contributed by atoms with Gasteiger partial charge in [-0.2, -0.15) is 0 Å². The van der Waals surface area contributed by atoms with Gasteiger partial charge in [0, 0.05) is 33.2 Å². The van der Waals surface area contributed by atoms with Crippen molar-refractivity contribution in [2.45, 2.75) is 12.8 Å². The number of rotatable bonds is 4. The van der Waals surface area contributed by atoms with Crippen LogP contribution < -0.4 is 0 Å².